The largest absolute Gasteiger partial charge is 0.505 e. The zero-order valence-corrected chi connectivity index (χ0v) is 14.2. The molecule has 1 aliphatic rings. The van der Waals surface area contributed by atoms with Crippen LogP contribution in [0.2, 0.25) is 15.1 Å². The number of sulfonamides is 1. The quantitative estimate of drug-likeness (QED) is 0.776. The molecule has 0 bridgehead atoms. The molecule has 1 aliphatic heterocycles. The molecule has 1 heterocycles. The number of aliphatic carboxylic acids is 1. The molecule has 22 heavy (non-hydrogen) atoms. The van der Waals surface area contributed by atoms with Gasteiger partial charge in [0.25, 0.3) is 0 Å². The Morgan fingerprint density at radius 1 is 1.23 bits per heavy atom. The molecule has 1 fully saturated rings. The summed E-state index contributed by atoms with van der Waals surface area (Å²) < 4.78 is 26.2. The molecule has 0 saturated carbocycles. The monoisotopic (exact) mass is 387 g/mol. The summed E-state index contributed by atoms with van der Waals surface area (Å²) in [6.07, 6.45) is 1.33. The Hall–Kier alpha value is -0.730. The van der Waals surface area contributed by atoms with Crippen LogP contribution < -0.4 is 0 Å². The van der Waals surface area contributed by atoms with Gasteiger partial charge in [-0.15, -0.1) is 0 Å². The summed E-state index contributed by atoms with van der Waals surface area (Å²) in [7, 11) is -4.27. The molecule has 0 aromatic heterocycles. The number of carboxylic acids is 1. The minimum atomic E-state index is -4.27. The number of aromatic hydroxyl groups is 1. The van der Waals surface area contributed by atoms with E-state index in [0.29, 0.717) is 12.8 Å². The molecule has 1 saturated heterocycles. The minimum absolute atomic E-state index is 0.0383. The highest BCUT2D eigenvalue weighted by molar-refractivity contribution is 7.89. The first-order chi connectivity index (χ1) is 10.2. The van der Waals surface area contributed by atoms with Crippen LogP contribution in [0.5, 0.6) is 5.75 Å². The molecule has 2 N–H and O–H groups in total. The molecule has 1 atom stereocenters. The van der Waals surface area contributed by atoms with Crippen LogP contribution in [0.3, 0.4) is 0 Å². The number of rotatable bonds is 3. The second-order valence-electron chi connectivity index (χ2n) is 4.80. The number of benzene rings is 1. The van der Waals surface area contributed by atoms with Gasteiger partial charge in [0, 0.05) is 6.54 Å². The van der Waals surface area contributed by atoms with Gasteiger partial charge in [-0.3, -0.25) is 4.79 Å². The van der Waals surface area contributed by atoms with Crippen LogP contribution in [0, 0.1) is 0 Å². The van der Waals surface area contributed by atoms with Crippen molar-refractivity contribution < 1.29 is 23.4 Å². The van der Waals surface area contributed by atoms with E-state index in [1.807, 2.05) is 0 Å². The van der Waals surface area contributed by atoms with E-state index in [1.54, 1.807) is 0 Å². The fourth-order valence-electron chi connectivity index (χ4n) is 2.33. The predicted molar refractivity (Wildman–Crippen MR) is 82.3 cm³/mol. The van der Waals surface area contributed by atoms with Gasteiger partial charge < -0.3 is 10.2 Å². The highest BCUT2D eigenvalue weighted by Crippen LogP contribution is 2.42. The highest BCUT2D eigenvalue weighted by Gasteiger charge is 2.39. The topological polar surface area (TPSA) is 94.9 Å². The van der Waals surface area contributed by atoms with Gasteiger partial charge in [0.05, 0.1) is 10.0 Å². The van der Waals surface area contributed by atoms with Crippen LogP contribution in [0.4, 0.5) is 0 Å². The van der Waals surface area contributed by atoms with Crippen molar-refractivity contribution in [1.29, 1.82) is 0 Å². The third-order valence-corrected chi connectivity index (χ3v) is 6.60. The molecule has 0 spiro atoms. The number of carbonyl (C=O) groups is 1. The van der Waals surface area contributed by atoms with E-state index >= 15 is 0 Å². The summed E-state index contributed by atoms with van der Waals surface area (Å²) in [5, 5.41) is 18.5. The molecule has 0 radical (unpaired) electrons. The third kappa shape index (κ3) is 3.00. The molecule has 1 aromatic carbocycles. The van der Waals surface area contributed by atoms with E-state index in [9.17, 15) is 23.4 Å². The Morgan fingerprint density at radius 2 is 1.86 bits per heavy atom. The number of nitrogens with zero attached hydrogens (tertiary/aromatic N) is 1. The van der Waals surface area contributed by atoms with Gasteiger partial charge in [0.15, 0.2) is 5.75 Å². The highest BCUT2D eigenvalue weighted by atomic mass is 35.5. The molecule has 2 rings (SSSR count). The fourth-order valence-corrected chi connectivity index (χ4v) is 4.81. The molecule has 1 aromatic rings. The van der Waals surface area contributed by atoms with Crippen LogP contribution >= 0.6 is 34.8 Å². The number of piperidine rings is 1. The number of hydrogen-bond acceptors (Lipinski definition) is 4. The normalized spacial score (nSPS) is 20.0. The van der Waals surface area contributed by atoms with Crippen LogP contribution in [-0.4, -0.2) is 41.5 Å². The van der Waals surface area contributed by atoms with Gasteiger partial charge in [-0.05, 0) is 25.3 Å². The zero-order chi connectivity index (χ0) is 16.7. The Kier molecular flexibility index (Phi) is 5.13. The smallest absolute Gasteiger partial charge is 0.322 e. The lowest BCUT2D eigenvalue weighted by Gasteiger charge is -2.32. The van der Waals surface area contributed by atoms with Crippen molar-refractivity contribution in [3.05, 3.63) is 21.1 Å². The number of hydrogen-bond donors (Lipinski definition) is 2. The predicted octanol–water partition coefficient (Wildman–Crippen LogP) is 2.98. The second kappa shape index (κ2) is 6.41. The average Bonchev–Trinajstić information content (AvgIpc) is 2.48. The maximum atomic E-state index is 12.7. The van der Waals surface area contributed by atoms with Crippen LogP contribution in [0.25, 0.3) is 0 Å². The third-order valence-electron chi connectivity index (χ3n) is 3.43. The summed E-state index contributed by atoms with van der Waals surface area (Å²) in [6, 6.07) is -0.222. The maximum Gasteiger partial charge on any atom is 0.322 e. The Morgan fingerprint density at radius 3 is 2.45 bits per heavy atom. The molecule has 10 heteroatoms. The Bertz CT molecular complexity index is 722. The van der Waals surface area contributed by atoms with Crippen molar-refractivity contribution in [2.24, 2.45) is 0 Å². The maximum absolute atomic E-state index is 12.7. The first-order valence-corrected chi connectivity index (χ1v) is 8.86. The number of carboxylic acid groups (broad SMARTS) is 1. The number of phenolic OH excluding ortho intramolecular Hbond substituents is 1. The molecule has 1 unspecified atom stereocenters. The average molecular weight is 389 g/mol. The first kappa shape index (κ1) is 17.6. The van der Waals surface area contributed by atoms with Crippen LogP contribution in [0.15, 0.2) is 11.0 Å². The summed E-state index contributed by atoms with van der Waals surface area (Å²) >= 11 is 17.3. The molecular weight excluding hydrogens is 377 g/mol. The summed E-state index contributed by atoms with van der Waals surface area (Å²) in [4.78, 5) is 10.7. The van der Waals surface area contributed by atoms with E-state index < -0.39 is 37.7 Å². The fraction of sp³-hybridized carbons (Fsp3) is 0.417. The van der Waals surface area contributed by atoms with Crippen molar-refractivity contribution >= 4 is 50.8 Å². The second-order valence-corrected chi connectivity index (χ2v) is 7.82. The molecule has 122 valence electrons. The lowest BCUT2D eigenvalue weighted by molar-refractivity contribution is -0.142. The standard InChI is InChI=1S/C12H12Cl3NO5S/c13-6-5-8(11(17)10(15)9(6)14)22(20,21)16-4-2-1-3-7(16)12(18)19/h5,7,17H,1-4H2,(H,18,19). The van der Waals surface area contributed by atoms with E-state index in [0.717, 1.165) is 10.4 Å². The zero-order valence-electron chi connectivity index (χ0n) is 11.1. The van der Waals surface area contributed by atoms with Crippen molar-refractivity contribution in [1.82, 2.24) is 4.31 Å². The SMILES string of the molecule is O=C(O)C1CCCCN1S(=O)(=O)c1cc(Cl)c(Cl)c(Cl)c1O. The van der Waals surface area contributed by atoms with E-state index in [4.69, 9.17) is 34.8 Å². The van der Waals surface area contributed by atoms with E-state index in [-0.39, 0.29) is 23.0 Å². The van der Waals surface area contributed by atoms with Gasteiger partial charge >= 0.3 is 5.97 Å². The van der Waals surface area contributed by atoms with Crippen LogP contribution in [-0.2, 0) is 14.8 Å². The van der Waals surface area contributed by atoms with E-state index in [2.05, 4.69) is 0 Å². The number of phenols is 1. The Labute approximate surface area is 142 Å². The van der Waals surface area contributed by atoms with Crippen molar-refractivity contribution in [3.8, 4) is 5.75 Å². The molecular formula is C12H12Cl3NO5S. The van der Waals surface area contributed by atoms with Crippen LogP contribution in [0.1, 0.15) is 19.3 Å². The van der Waals surface area contributed by atoms with Gasteiger partial charge in [0.1, 0.15) is 16.0 Å². The molecule has 0 amide bonds. The van der Waals surface area contributed by atoms with Gasteiger partial charge in [0.2, 0.25) is 10.0 Å². The summed E-state index contributed by atoms with van der Waals surface area (Å²) in [5.41, 5.74) is 0. The summed E-state index contributed by atoms with van der Waals surface area (Å²) in [6.45, 7) is 0.0383. The Balaban J connectivity index is 2.57. The lowest BCUT2D eigenvalue weighted by atomic mass is 10.1. The van der Waals surface area contributed by atoms with Gasteiger partial charge in [-0.1, -0.05) is 34.8 Å². The van der Waals surface area contributed by atoms with Gasteiger partial charge in [-0.25, -0.2) is 8.42 Å². The minimum Gasteiger partial charge on any atom is -0.505 e. The molecule has 6 nitrogen and oxygen atoms in total. The van der Waals surface area contributed by atoms with E-state index in [1.165, 1.54) is 0 Å². The first-order valence-electron chi connectivity index (χ1n) is 6.29. The summed E-state index contributed by atoms with van der Waals surface area (Å²) in [5.74, 6) is -1.99. The van der Waals surface area contributed by atoms with Crippen molar-refractivity contribution in [3.63, 3.8) is 0 Å². The van der Waals surface area contributed by atoms with Gasteiger partial charge in [-0.2, -0.15) is 4.31 Å². The number of halogens is 3. The molecule has 0 aliphatic carbocycles. The van der Waals surface area contributed by atoms with Crippen molar-refractivity contribution in [2.45, 2.75) is 30.2 Å². The lowest BCUT2D eigenvalue weighted by Crippen LogP contribution is -2.47. The van der Waals surface area contributed by atoms with Crippen molar-refractivity contribution in [2.75, 3.05) is 6.54 Å².